The molecule has 0 spiro atoms. The summed E-state index contributed by atoms with van der Waals surface area (Å²) in [5.74, 6) is 0.925. The van der Waals surface area contributed by atoms with Gasteiger partial charge in [-0.1, -0.05) is 0 Å². The van der Waals surface area contributed by atoms with Crippen LogP contribution in [0.3, 0.4) is 0 Å². The minimum atomic E-state index is -0.700. The van der Waals surface area contributed by atoms with E-state index in [1.165, 1.54) is 17.9 Å². The molecular formula is C15H22N6O3. The lowest BCUT2D eigenvalue weighted by molar-refractivity contribution is 0.158. The maximum Gasteiger partial charge on any atom is 0.332 e. The van der Waals surface area contributed by atoms with Crippen molar-refractivity contribution in [1.29, 1.82) is 0 Å². The average Bonchev–Trinajstić information content (AvgIpc) is 3.01. The van der Waals surface area contributed by atoms with Crippen LogP contribution in [0.1, 0.15) is 19.3 Å². The van der Waals surface area contributed by atoms with Crippen LogP contribution >= 0.6 is 0 Å². The van der Waals surface area contributed by atoms with Gasteiger partial charge in [0.25, 0.3) is 5.56 Å². The number of nitrogens with one attached hydrogen (secondary N) is 1. The molecule has 3 heterocycles. The molecular weight excluding hydrogens is 312 g/mol. The Labute approximate surface area is 138 Å². The topological polar surface area (TPSA) is 106 Å². The number of amidine groups is 1. The predicted octanol–water partition coefficient (Wildman–Crippen LogP) is -1.03. The van der Waals surface area contributed by atoms with Crippen molar-refractivity contribution in [2.75, 3.05) is 13.1 Å². The van der Waals surface area contributed by atoms with Crippen LogP contribution in [-0.4, -0.2) is 48.8 Å². The molecule has 0 aromatic carbocycles. The first-order chi connectivity index (χ1) is 11.5. The summed E-state index contributed by atoms with van der Waals surface area (Å²) in [7, 11) is 3.00. The van der Waals surface area contributed by atoms with E-state index in [0.29, 0.717) is 17.7 Å². The third-order valence-electron chi connectivity index (χ3n) is 4.29. The second-order valence-corrected chi connectivity index (χ2v) is 6.10. The number of hydrogen-bond donors (Lipinski definition) is 2. The fourth-order valence-electron chi connectivity index (χ4n) is 2.90. The van der Waals surface area contributed by atoms with Crippen molar-refractivity contribution in [2.45, 2.75) is 31.9 Å². The summed E-state index contributed by atoms with van der Waals surface area (Å²) in [5.41, 5.74) is -0.203. The van der Waals surface area contributed by atoms with E-state index >= 15 is 0 Å². The van der Waals surface area contributed by atoms with Gasteiger partial charge >= 0.3 is 5.69 Å². The van der Waals surface area contributed by atoms with Gasteiger partial charge in [-0.15, -0.1) is 0 Å². The molecule has 0 saturated heterocycles. The summed E-state index contributed by atoms with van der Waals surface area (Å²) in [6, 6.07) is 0. The van der Waals surface area contributed by atoms with Crippen LogP contribution in [-0.2, 0) is 20.6 Å². The highest BCUT2D eigenvalue weighted by Crippen LogP contribution is 2.07. The molecule has 0 saturated carbocycles. The van der Waals surface area contributed by atoms with E-state index in [-0.39, 0.29) is 6.54 Å². The number of fused-ring (bicyclic) bond motifs is 1. The van der Waals surface area contributed by atoms with Crippen LogP contribution in [0.5, 0.6) is 0 Å². The number of aliphatic imine (C=N–C) groups is 1. The zero-order valence-corrected chi connectivity index (χ0v) is 13.9. The molecule has 0 fully saturated rings. The van der Waals surface area contributed by atoms with E-state index < -0.39 is 17.4 Å². The van der Waals surface area contributed by atoms with Crippen molar-refractivity contribution in [1.82, 2.24) is 24.0 Å². The first kappa shape index (κ1) is 16.4. The number of imidazole rings is 1. The third-order valence-corrected chi connectivity index (χ3v) is 4.29. The number of nitrogens with zero attached hydrogens (tertiary/aromatic N) is 5. The molecule has 0 bridgehead atoms. The van der Waals surface area contributed by atoms with Crippen molar-refractivity contribution < 1.29 is 5.11 Å². The van der Waals surface area contributed by atoms with Crippen LogP contribution in [0.4, 0.5) is 0 Å². The van der Waals surface area contributed by atoms with Gasteiger partial charge in [0, 0.05) is 33.6 Å². The van der Waals surface area contributed by atoms with E-state index in [4.69, 9.17) is 0 Å². The van der Waals surface area contributed by atoms with Crippen molar-refractivity contribution in [3.63, 3.8) is 0 Å². The largest absolute Gasteiger partial charge is 0.389 e. The standard InChI is InChI=1S/C15H22N6O3/c1-19-13-12(14(23)20(2)15(19)24)21(9-18-13)8-10(22)7-17-11-5-3-4-6-16-11/h9-10,22H,3-8H2,1-2H3,(H,16,17)/t10-/m0/s1. The highest BCUT2D eigenvalue weighted by Gasteiger charge is 2.16. The van der Waals surface area contributed by atoms with Crippen molar-refractivity contribution in [3.8, 4) is 0 Å². The van der Waals surface area contributed by atoms with Crippen LogP contribution in [0.25, 0.3) is 11.2 Å². The van der Waals surface area contributed by atoms with E-state index in [9.17, 15) is 14.7 Å². The molecule has 1 aliphatic heterocycles. The lowest BCUT2D eigenvalue weighted by Crippen LogP contribution is -2.38. The van der Waals surface area contributed by atoms with Gasteiger partial charge in [-0.3, -0.25) is 18.9 Å². The zero-order chi connectivity index (χ0) is 17.3. The lowest BCUT2D eigenvalue weighted by Gasteiger charge is -2.17. The quantitative estimate of drug-likeness (QED) is 0.743. The Hall–Kier alpha value is -2.42. The number of aryl methyl sites for hydroxylation is 1. The first-order valence-electron chi connectivity index (χ1n) is 8.05. The van der Waals surface area contributed by atoms with Gasteiger partial charge in [0.15, 0.2) is 11.2 Å². The van der Waals surface area contributed by atoms with E-state index in [0.717, 1.165) is 36.2 Å². The Morgan fingerprint density at radius 3 is 2.79 bits per heavy atom. The fourth-order valence-corrected chi connectivity index (χ4v) is 2.90. The molecule has 9 heteroatoms. The Bertz CT molecular complexity index is 891. The summed E-state index contributed by atoms with van der Waals surface area (Å²) >= 11 is 0. The van der Waals surface area contributed by atoms with Crippen LogP contribution in [0, 0.1) is 0 Å². The van der Waals surface area contributed by atoms with Crippen LogP contribution in [0.15, 0.2) is 20.9 Å². The maximum atomic E-state index is 12.3. The highest BCUT2D eigenvalue weighted by atomic mass is 16.3. The molecule has 130 valence electrons. The zero-order valence-electron chi connectivity index (χ0n) is 13.9. The van der Waals surface area contributed by atoms with Crippen molar-refractivity contribution in [2.24, 2.45) is 19.1 Å². The Kier molecular flexibility index (Phi) is 4.52. The number of aliphatic hydroxyl groups is 1. The van der Waals surface area contributed by atoms with Gasteiger partial charge in [-0.2, -0.15) is 0 Å². The molecule has 2 aromatic heterocycles. The normalized spacial score (nSPS) is 16.2. The van der Waals surface area contributed by atoms with Gasteiger partial charge in [0.1, 0.15) is 0 Å². The number of aliphatic hydroxyl groups excluding tert-OH is 1. The Balaban J connectivity index is 1.79. The third kappa shape index (κ3) is 2.99. The monoisotopic (exact) mass is 334 g/mol. The minimum Gasteiger partial charge on any atom is -0.389 e. The fraction of sp³-hybridized carbons (Fsp3) is 0.600. The second kappa shape index (κ2) is 6.60. The summed E-state index contributed by atoms with van der Waals surface area (Å²) in [4.78, 5) is 32.8. The second-order valence-electron chi connectivity index (χ2n) is 6.10. The predicted molar refractivity (Wildman–Crippen MR) is 90.4 cm³/mol. The molecule has 0 amide bonds. The van der Waals surface area contributed by atoms with Gasteiger partial charge in [0.05, 0.1) is 24.8 Å². The summed E-state index contributed by atoms with van der Waals surface area (Å²) < 4.78 is 3.96. The summed E-state index contributed by atoms with van der Waals surface area (Å²) in [6.07, 6.45) is 3.90. The molecule has 24 heavy (non-hydrogen) atoms. The molecule has 1 atom stereocenters. The van der Waals surface area contributed by atoms with Crippen molar-refractivity contribution in [3.05, 3.63) is 27.2 Å². The van der Waals surface area contributed by atoms with E-state index in [1.54, 1.807) is 11.6 Å². The Morgan fingerprint density at radius 1 is 1.29 bits per heavy atom. The molecule has 0 aliphatic carbocycles. The number of aromatic nitrogens is 4. The first-order valence-corrected chi connectivity index (χ1v) is 8.05. The SMILES string of the molecule is Cn1c(=O)c2c(ncn2C[C@@H](O)CNC2=NCCCC2)n(C)c1=O. The molecule has 0 unspecified atom stereocenters. The average molecular weight is 334 g/mol. The summed E-state index contributed by atoms with van der Waals surface area (Å²) in [6.45, 7) is 1.39. The van der Waals surface area contributed by atoms with Gasteiger partial charge < -0.3 is 15.0 Å². The number of rotatable bonds is 4. The summed E-state index contributed by atoms with van der Waals surface area (Å²) in [5, 5.41) is 13.4. The molecule has 0 radical (unpaired) electrons. The molecule has 9 nitrogen and oxygen atoms in total. The molecule has 2 N–H and O–H groups in total. The van der Waals surface area contributed by atoms with E-state index in [1.807, 2.05) is 0 Å². The van der Waals surface area contributed by atoms with E-state index in [2.05, 4.69) is 15.3 Å². The van der Waals surface area contributed by atoms with Gasteiger partial charge in [0.2, 0.25) is 0 Å². The maximum absolute atomic E-state index is 12.3. The Morgan fingerprint density at radius 2 is 2.08 bits per heavy atom. The van der Waals surface area contributed by atoms with Crippen LogP contribution in [0.2, 0.25) is 0 Å². The molecule has 1 aliphatic rings. The minimum absolute atomic E-state index is 0.213. The number of hydrogen-bond acceptors (Lipinski definition) is 6. The van der Waals surface area contributed by atoms with Crippen LogP contribution < -0.4 is 16.6 Å². The molecule has 2 aromatic rings. The van der Waals surface area contributed by atoms with Crippen molar-refractivity contribution >= 4 is 17.0 Å². The van der Waals surface area contributed by atoms with Gasteiger partial charge in [-0.25, -0.2) is 9.78 Å². The smallest absolute Gasteiger partial charge is 0.332 e. The van der Waals surface area contributed by atoms with Gasteiger partial charge in [-0.05, 0) is 12.8 Å². The molecule has 3 rings (SSSR count). The lowest BCUT2D eigenvalue weighted by atomic mass is 10.2. The highest BCUT2D eigenvalue weighted by molar-refractivity contribution is 5.82.